The van der Waals surface area contributed by atoms with Crippen LogP contribution in [0, 0.1) is 0 Å². The zero-order valence-corrected chi connectivity index (χ0v) is 12.6. The normalized spacial score (nSPS) is 11.5. The van der Waals surface area contributed by atoms with Gasteiger partial charge in [-0.1, -0.05) is 55.8 Å². The Morgan fingerprint density at radius 1 is 1.00 bits per heavy atom. The van der Waals surface area contributed by atoms with Crippen LogP contribution >= 0.6 is 12.4 Å². The van der Waals surface area contributed by atoms with Crippen molar-refractivity contribution in [1.29, 1.82) is 0 Å². The van der Waals surface area contributed by atoms with Crippen LogP contribution in [0.5, 0.6) is 5.75 Å². The monoisotopic (exact) mass is 291 g/mol. The lowest BCUT2D eigenvalue weighted by atomic mass is 10.0. The molecule has 0 spiro atoms. The molecule has 20 heavy (non-hydrogen) atoms. The molecule has 2 aromatic carbocycles. The third-order valence-electron chi connectivity index (χ3n) is 3.16. The second-order valence-corrected chi connectivity index (χ2v) is 4.74. The maximum absolute atomic E-state index is 6.08. The van der Waals surface area contributed by atoms with Crippen LogP contribution in [-0.2, 0) is 6.61 Å². The molecule has 0 saturated carbocycles. The summed E-state index contributed by atoms with van der Waals surface area (Å²) in [5.74, 6) is 0.885. The van der Waals surface area contributed by atoms with E-state index in [9.17, 15) is 0 Å². The third kappa shape index (κ3) is 4.87. The Morgan fingerprint density at radius 2 is 1.65 bits per heavy atom. The molecule has 2 rings (SSSR count). The summed E-state index contributed by atoms with van der Waals surface area (Å²) in [6.45, 7) is 2.75. The summed E-state index contributed by atoms with van der Waals surface area (Å²) in [6, 6.07) is 18.4. The fraction of sp³-hybridized carbons (Fsp3) is 0.294. The number of halogens is 1. The minimum atomic E-state index is 0. The van der Waals surface area contributed by atoms with Gasteiger partial charge in [-0.25, -0.2) is 0 Å². The Hall–Kier alpha value is -1.51. The maximum Gasteiger partial charge on any atom is 0.119 e. The van der Waals surface area contributed by atoms with Crippen molar-refractivity contribution in [1.82, 2.24) is 0 Å². The molecular weight excluding hydrogens is 270 g/mol. The Morgan fingerprint density at radius 3 is 2.25 bits per heavy atom. The second-order valence-electron chi connectivity index (χ2n) is 4.74. The first-order chi connectivity index (χ1) is 9.29. The lowest BCUT2D eigenvalue weighted by molar-refractivity contribution is 0.306. The molecule has 108 valence electrons. The van der Waals surface area contributed by atoms with Gasteiger partial charge in [0, 0.05) is 6.04 Å². The molecule has 0 heterocycles. The van der Waals surface area contributed by atoms with E-state index in [-0.39, 0.29) is 18.4 Å². The van der Waals surface area contributed by atoms with E-state index in [0.717, 1.165) is 18.6 Å². The maximum atomic E-state index is 6.08. The molecule has 3 heteroatoms. The van der Waals surface area contributed by atoms with Gasteiger partial charge in [-0.3, -0.25) is 0 Å². The predicted molar refractivity (Wildman–Crippen MR) is 86.3 cm³/mol. The van der Waals surface area contributed by atoms with Gasteiger partial charge in [-0.2, -0.15) is 0 Å². The van der Waals surface area contributed by atoms with Crippen LogP contribution in [-0.4, -0.2) is 0 Å². The fourth-order valence-electron chi connectivity index (χ4n) is 2.03. The van der Waals surface area contributed by atoms with Crippen LogP contribution in [0.3, 0.4) is 0 Å². The minimum absolute atomic E-state index is 0. The van der Waals surface area contributed by atoms with E-state index in [2.05, 4.69) is 31.2 Å². The van der Waals surface area contributed by atoms with Crippen molar-refractivity contribution in [2.75, 3.05) is 0 Å². The van der Waals surface area contributed by atoms with Crippen LogP contribution < -0.4 is 10.5 Å². The van der Waals surface area contributed by atoms with E-state index < -0.39 is 0 Å². The Kier molecular flexibility index (Phi) is 7.13. The van der Waals surface area contributed by atoms with Crippen LogP contribution in [0.2, 0.25) is 0 Å². The minimum Gasteiger partial charge on any atom is -0.489 e. The fourth-order valence-corrected chi connectivity index (χ4v) is 2.03. The summed E-state index contributed by atoms with van der Waals surface area (Å²) in [5.41, 5.74) is 8.43. The van der Waals surface area contributed by atoms with Crippen LogP contribution in [0.4, 0.5) is 0 Å². The molecule has 0 radical (unpaired) electrons. The third-order valence-corrected chi connectivity index (χ3v) is 3.16. The highest BCUT2D eigenvalue weighted by molar-refractivity contribution is 5.85. The van der Waals surface area contributed by atoms with E-state index >= 15 is 0 Å². The van der Waals surface area contributed by atoms with Gasteiger partial charge in [0.1, 0.15) is 12.4 Å². The Balaban J connectivity index is 0.00000200. The molecule has 0 aliphatic rings. The van der Waals surface area contributed by atoms with Gasteiger partial charge in [0.15, 0.2) is 0 Å². The number of hydrogen-bond acceptors (Lipinski definition) is 2. The van der Waals surface area contributed by atoms with Crippen molar-refractivity contribution in [3.05, 3.63) is 65.7 Å². The van der Waals surface area contributed by atoms with Crippen LogP contribution in [0.25, 0.3) is 0 Å². The van der Waals surface area contributed by atoms with Crippen molar-refractivity contribution in [3.63, 3.8) is 0 Å². The molecule has 0 aliphatic heterocycles. The highest BCUT2D eigenvalue weighted by Crippen LogP contribution is 2.20. The topological polar surface area (TPSA) is 35.2 Å². The molecule has 0 amide bonds. The zero-order valence-electron chi connectivity index (χ0n) is 11.8. The zero-order chi connectivity index (χ0) is 13.5. The lowest BCUT2D eigenvalue weighted by Gasteiger charge is -2.12. The molecule has 0 aromatic heterocycles. The van der Waals surface area contributed by atoms with Gasteiger partial charge in [-0.15, -0.1) is 12.4 Å². The number of ether oxygens (including phenoxy) is 1. The smallest absolute Gasteiger partial charge is 0.119 e. The average Bonchev–Trinajstić information content (AvgIpc) is 2.47. The molecular formula is C17H22ClNO. The first-order valence-corrected chi connectivity index (χ1v) is 6.82. The molecule has 0 fully saturated rings. The number of benzene rings is 2. The first-order valence-electron chi connectivity index (χ1n) is 6.82. The van der Waals surface area contributed by atoms with Gasteiger partial charge in [0.05, 0.1) is 0 Å². The van der Waals surface area contributed by atoms with E-state index in [1.54, 1.807) is 0 Å². The van der Waals surface area contributed by atoms with Crippen molar-refractivity contribution >= 4 is 12.4 Å². The molecule has 0 aliphatic carbocycles. The average molecular weight is 292 g/mol. The van der Waals surface area contributed by atoms with Crippen molar-refractivity contribution in [2.24, 2.45) is 5.73 Å². The molecule has 0 saturated heterocycles. The molecule has 0 unspecified atom stereocenters. The molecule has 2 aromatic rings. The number of rotatable bonds is 6. The van der Waals surface area contributed by atoms with E-state index in [0.29, 0.717) is 6.61 Å². The van der Waals surface area contributed by atoms with Crippen LogP contribution in [0.1, 0.15) is 36.9 Å². The molecule has 0 bridgehead atoms. The summed E-state index contributed by atoms with van der Waals surface area (Å²) in [6.07, 6.45) is 2.12. The molecule has 2 N–H and O–H groups in total. The van der Waals surface area contributed by atoms with Crippen LogP contribution in [0.15, 0.2) is 54.6 Å². The summed E-state index contributed by atoms with van der Waals surface area (Å²) in [5, 5.41) is 0. The van der Waals surface area contributed by atoms with Gasteiger partial charge >= 0.3 is 0 Å². The van der Waals surface area contributed by atoms with Gasteiger partial charge in [0.25, 0.3) is 0 Å². The van der Waals surface area contributed by atoms with Gasteiger partial charge < -0.3 is 10.5 Å². The molecule has 2 nitrogen and oxygen atoms in total. The van der Waals surface area contributed by atoms with Crippen molar-refractivity contribution < 1.29 is 4.74 Å². The standard InChI is InChI=1S/C17H21NO.ClH/c1-2-6-17(18)15-9-11-16(12-10-15)19-13-14-7-4-3-5-8-14;/h3-5,7-12,17H,2,6,13,18H2,1H3;1H/t17-;/m1./s1. The first kappa shape index (κ1) is 16.5. The largest absolute Gasteiger partial charge is 0.489 e. The Labute approximate surface area is 127 Å². The van der Waals surface area contributed by atoms with E-state index in [4.69, 9.17) is 10.5 Å². The SMILES string of the molecule is CCC[C@@H](N)c1ccc(OCc2ccccc2)cc1.Cl. The summed E-state index contributed by atoms with van der Waals surface area (Å²) >= 11 is 0. The van der Waals surface area contributed by atoms with E-state index in [1.165, 1.54) is 11.1 Å². The Bertz CT molecular complexity index is 484. The summed E-state index contributed by atoms with van der Waals surface area (Å²) in [7, 11) is 0. The van der Waals surface area contributed by atoms with E-state index in [1.807, 2.05) is 30.3 Å². The van der Waals surface area contributed by atoms with Crippen molar-refractivity contribution in [3.8, 4) is 5.75 Å². The summed E-state index contributed by atoms with van der Waals surface area (Å²) < 4.78 is 5.75. The quantitative estimate of drug-likeness (QED) is 0.851. The van der Waals surface area contributed by atoms with Gasteiger partial charge in [-0.05, 0) is 29.7 Å². The van der Waals surface area contributed by atoms with Crippen molar-refractivity contribution in [2.45, 2.75) is 32.4 Å². The second kappa shape index (κ2) is 8.62. The van der Waals surface area contributed by atoms with Gasteiger partial charge in [0.2, 0.25) is 0 Å². The highest BCUT2D eigenvalue weighted by Gasteiger charge is 2.04. The molecule has 1 atom stereocenters. The predicted octanol–water partition coefficient (Wildman–Crippen LogP) is 4.49. The highest BCUT2D eigenvalue weighted by atomic mass is 35.5. The number of hydrogen-bond donors (Lipinski definition) is 1. The summed E-state index contributed by atoms with van der Waals surface area (Å²) in [4.78, 5) is 0. The lowest BCUT2D eigenvalue weighted by Crippen LogP contribution is -2.09. The number of nitrogens with two attached hydrogens (primary N) is 1.